The Balaban J connectivity index is 4.20. The van der Waals surface area contributed by atoms with Crippen molar-refractivity contribution in [2.75, 3.05) is 28.2 Å². The number of nitrogens with zero attached hydrogens (tertiary/aromatic N) is 2. The van der Waals surface area contributed by atoms with Gasteiger partial charge in [-0.15, -0.1) is 0 Å². The van der Waals surface area contributed by atoms with Crippen LogP contribution < -0.4 is 0 Å². The van der Waals surface area contributed by atoms with E-state index in [4.69, 9.17) is 5.11 Å². The molecule has 4 heteroatoms. The minimum Gasteiger partial charge on any atom is -0.495 e. The highest BCUT2D eigenvalue weighted by Gasteiger charge is 2.02. The zero-order valence-corrected chi connectivity index (χ0v) is 7.33. The fraction of sp³-hybridized carbons (Fsp3) is 0.571. The van der Waals surface area contributed by atoms with Gasteiger partial charge < -0.3 is 14.9 Å². The first-order valence-electron chi connectivity index (χ1n) is 3.24. The normalized spacial score (nSPS) is 11.1. The molecule has 1 N–H and O–H groups in total. The van der Waals surface area contributed by atoms with Crippen molar-refractivity contribution in [2.45, 2.75) is 0 Å². The minimum atomic E-state index is -0.226. The molecular weight excluding hydrogens is 144 g/mol. The molecule has 0 fully saturated rings. The Kier molecular flexibility index (Phi) is 3.44. The Morgan fingerprint density at radius 2 is 1.64 bits per heavy atom. The number of rotatable bonds is 2. The fourth-order valence-electron chi connectivity index (χ4n) is 0.369. The van der Waals surface area contributed by atoms with Crippen LogP contribution in [0.5, 0.6) is 0 Å². The summed E-state index contributed by atoms with van der Waals surface area (Å²) in [6.45, 7) is 0. The Morgan fingerprint density at radius 1 is 1.18 bits per heavy atom. The molecule has 0 atom stereocenters. The Bertz CT molecular complexity index is 173. The summed E-state index contributed by atoms with van der Waals surface area (Å²) < 4.78 is 0. The van der Waals surface area contributed by atoms with Gasteiger partial charge >= 0.3 is 0 Å². The van der Waals surface area contributed by atoms with Crippen molar-refractivity contribution in [3.05, 3.63) is 12.0 Å². The molecule has 4 nitrogen and oxygen atoms in total. The molecule has 0 saturated carbocycles. The molecule has 0 heterocycles. The molecule has 0 saturated heterocycles. The van der Waals surface area contributed by atoms with Crippen LogP contribution in [0.25, 0.3) is 0 Å². The van der Waals surface area contributed by atoms with E-state index in [1.165, 1.54) is 15.9 Å². The number of hydrogen-bond donors (Lipinski definition) is 1. The third kappa shape index (κ3) is 3.50. The van der Waals surface area contributed by atoms with E-state index in [1.807, 2.05) is 0 Å². The molecular formula is C7H14N2O2. The molecule has 0 rings (SSSR count). The van der Waals surface area contributed by atoms with Gasteiger partial charge in [0.1, 0.15) is 0 Å². The summed E-state index contributed by atoms with van der Waals surface area (Å²) in [4.78, 5) is 13.8. The number of carbonyl (C=O) groups excluding carboxylic acids is 1. The standard InChI is InChI=1S/C7H14N2O2/c1-8(2)6(10)5-7(11)9(3)4/h5,10H,1-4H3/b6-5-. The average molecular weight is 158 g/mol. The van der Waals surface area contributed by atoms with E-state index in [0.29, 0.717) is 0 Å². The second-order valence-electron chi connectivity index (χ2n) is 2.63. The molecule has 1 amide bonds. The van der Waals surface area contributed by atoms with Crippen molar-refractivity contribution in [3.63, 3.8) is 0 Å². The second kappa shape index (κ2) is 3.85. The average Bonchev–Trinajstić information content (AvgIpc) is 1.87. The van der Waals surface area contributed by atoms with Crippen LogP contribution in [0.15, 0.2) is 12.0 Å². The zero-order valence-electron chi connectivity index (χ0n) is 7.33. The highest BCUT2D eigenvalue weighted by molar-refractivity contribution is 5.87. The molecule has 0 aromatic heterocycles. The lowest BCUT2D eigenvalue weighted by Crippen LogP contribution is -2.21. The first kappa shape index (κ1) is 9.81. The minimum absolute atomic E-state index is 0.0382. The van der Waals surface area contributed by atoms with Crippen molar-refractivity contribution >= 4 is 5.91 Å². The van der Waals surface area contributed by atoms with E-state index in [-0.39, 0.29) is 11.8 Å². The summed E-state index contributed by atoms with van der Waals surface area (Å²) in [6.07, 6.45) is 1.17. The van der Waals surface area contributed by atoms with Crippen molar-refractivity contribution < 1.29 is 9.90 Å². The van der Waals surface area contributed by atoms with Gasteiger partial charge in [-0.2, -0.15) is 0 Å². The van der Waals surface area contributed by atoms with Gasteiger partial charge in [0.15, 0.2) is 5.88 Å². The SMILES string of the molecule is CN(C)C(=O)/C=C(\O)N(C)C. The maximum absolute atomic E-state index is 10.9. The lowest BCUT2D eigenvalue weighted by Gasteiger charge is -2.11. The Labute approximate surface area is 66.7 Å². The summed E-state index contributed by atoms with van der Waals surface area (Å²) in [5.74, 6) is -0.264. The van der Waals surface area contributed by atoms with Crippen LogP contribution in [0.3, 0.4) is 0 Å². The van der Waals surface area contributed by atoms with E-state index in [9.17, 15) is 4.79 Å². The van der Waals surface area contributed by atoms with Gasteiger partial charge in [-0.1, -0.05) is 0 Å². The number of likely N-dealkylation sites (N-methyl/N-ethyl adjacent to an activating group) is 1. The van der Waals surface area contributed by atoms with E-state index in [2.05, 4.69) is 0 Å². The van der Waals surface area contributed by atoms with Gasteiger partial charge in [-0.25, -0.2) is 0 Å². The van der Waals surface area contributed by atoms with Crippen molar-refractivity contribution in [2.24, 2.45) is 0 Å². The molecule has 0 aliphatic rings. The first-order valence-corrected chi connectivity index (χ1v) is 3.24. The summed E-state index contributed by atoms with van der Waals surface area (Å²) in [7, 11) is 6.58. The topological polar surface area (TPSA) is 43.8 Å². The lowest BCUT2D eigenvalue weighted by atomic mass is 10.5. The maximum Gasteiger partial charge on any atom is 0.251 e. The van der Waals surface area contributed by atoms with Crippen LogP contribution in [0.4, 0.5) is 0 Å². The van der Waals surface area contributed by atoms with Gasteiger partial charge in [0.2, 0.25) is 0 Å². The van der Waals surface area contributed by atoms with Gasteiger partial charge in [0.25, 0.3) is 5.91 Å². The molecule has 11 heavy (non-hydrogen) atoms. The number of hydrogen-bond acceptors (Lipinski definition) is 3. The number of aliphatic hydroxyl groups excluding tert-OH is 1. The smallest absolute Gasteiger partial charge is 0.251 e. The van der Waals surface area contributed by atoms with Gasteiger partial charge in [0.05, 0.1) is 6.08 Å². The summed E-state index contributed by atoms with van der Waals surface area (Å²) in [6, 6.07) is 0. The third-order valence-electron chi connectivity index (χ3n) is 1.15. The molecule has 0 bridgehead atoms. The highest BCUT2D eigenvalue weighted by atomic mass is 16.3. The quantitative estimate of drug-likeness (QED) is 0.455. The number of aliphatic hydroxyl groups is 1. The van der Waals surface area contributed by atoms with Crippen LogP contribution in [0, 0.1) is 0 Å². The van der Waals surface area contributed by atoms with Crippen LogP contribution in [-0.2, 0) is 4.79 Å². The summed E-state index contributed by atoms with van der Waals surface area (Å²) in [5, 5.41) is 9.09. The zero-order chi connectivity index (χ0) is 9.02. The van der Waals surface area contributed by atoms with Gasteiger partial charge in [-0.3, -0.25) is 4.79 Å². The van der Waals surface area contributed by atoms with Crippen LogP contribution in [0.1, 0.15) is 0 Å². The van der Waals surface area contributed by atoms with E-state index in [1.54, 1.807) is 28.2 Å². The predicted octanol–water partition coefficient (Wildman–Crippen LogP) is 0.0356. The van der Waals surface area contributed by atoms with E-state index >= 15 is 0 Å². The molecule has 0 aliphatic heterocycles. The lowest BCUT2D eigenvalue weighted by molar-refractivity contribution is -0.123. The monoisotopic (exact) mass is 158 g/mol. The first-order chi connectivity index (χ1) is 4.95. The maximum atomic E-state index is 10.9. The van der Waals surface area contributed by atoms with Crippen molar-refractivity contribution in [1.82, 2.24) is 9.80 Å². The Hall–Kier alpha value is -1.19. The molecule has 0 aromatic rings. The fourth-order valence-corrected chi connectivity index (χ4v) is 0.369. The molecule has 0 radical (unpaired) electrons. The van der Waals surface area contributed by atoms with Crippen molar-refractivity contribution in [3.8, 4) is 0 Å². The van der Waals surface area contributed by atoms with Crippen LogP contribution >= 0.6 is 0 Å². The van der Waals surface area contributed by atoms with Crippen LogP contribution in [0.2, 0.25) is 0 Å². The van der Waals surface area contributed by atoms with Crippen molar-refractivity contribution in [1.29, 1.82) is 0 Å². The number of amides is 1. The Morgan fingerprint density at radius 3 is 1.91 bits per heavy atom. The van der Waals surface area contributed by atoms with E-state index < -0.39 is 0 Å². The van der Waals surface area contributed by atoms with Crippen LogP contribution in [-0.4, -0.2) is 49.0 Å². The molecule has 0 aliphatic carbocycles. The summed E-state index contributed by atoms with van der Waals surface area (Å²) >= 11 is 0. The van der Waals surface area contributed by atoms with Gasteiger partial charge in [-0.05, 0) is 0 Å². The second-order valence-corrected chi connectivity index (χ2v) is 2.63. The number of carbonyl (C=O) groups is 1. The summed E-state index contributed by atoms with van der Waals surface area (Å²) in [5.41, 5.74) is 0. The molecule has 0 aromatic carbocycles. The largest absolute Gasteiger partial charge is 0.495 e. The highest BCUT2D eigenvalue weighted by Crippen LogP contribution is 1.93. The van der Waals surface area contributed by atoms with Gasteiger partial charge in [0, 0.05) is 28.2 Å². The molecule has 0 unspecified atom stereocenters. The predicted molar refractivity (Wildman–Crippen MR) is 43.1 cm³/mol. The molecule has 0 spiro atoms. The van der Waals surface area contributed by atoms with E-state index in [0.717, 1.165) is 0 Å². The third-order valence-corrected chi connectivity index (χ3v) is 1.15. The molecule has 64 valence electrons.